The molecule has 124 valence electrons. The number of amides is 2. The van der Waals surface area contributed by atoms with Crippen molar-refractivity contribution in [3.63, 3.8) is 0 Å². The topological polar surface area (TPSA) is 61.4 Å². The number of likely N-dealkylation sites (tertiary alicyclic amines) is 1. The zero-order valence-corrected chi connectivity index (χ0v) is 14.2. The van der Waals surface area contributed by atoms with Crippen molar-refractivity contribution in [2.75, 3.05) is 18.4 Å². The van der Waals surface area contributed by atoms with E-state index in [4.69, 9.17) is 12.2 Å². The normalized spacial score (nSPS) is 13.7. The summed E-state index contributed by atoms with van der Waals surface area (Å²) >= 11 is 5.12. The minimum absolute atomic E-state index is 0.0736. The molecule has 5 nitrogen and oxygen atoms in total. The van der Waals surface area contributed by atoms with Crippen molar-refractivity contribution in [1.82, 2.24) is 10.2 Å². The number of carbonyl (C=O) groups is 2. The lowest BCUT2D eigenvalue weighted by atomic mass is 10.2. The predicted octanol–water partition coefficient (Wildman–Crippen LogP) is 2.93. The molecule has 1 aliphatic rings. The summed E-state index contributed by atoms with van der Waals surface area (Å²) in [6, 6.07) is 7.16. The molecule has 0 saturated carbocycles. The van der Waals surface area contributed by atoms with Gasteiger partial charge in [0, 0.05) is 30.8 Å². The van der Waals surface area contributed by atoms with E-state index in [0.29, 0.717) is 12.0 Å². The van der Waals surface area contributed by atoms with Gasteiger partial charge in [-0.2, -0.15) is 0 Å². The smallest absolute Gasteiger partial charge is 0.253 e. The van der Waals surface area contributed by atoms with Crippen molar-refractivity contribution in [3.05, 3.63) is 29.8 Å². The molecule has 0 aliphatic carbocycles. The van der Waals surface area contributed by atoms with Gasteiger partial charge in [-0.15, -0.1) is 0 Å². The molecule has 2 rings (SSSR count). The Hall–Kier alpha value is -1.95. The van der Waals surface area contributed by atoms with E-state index < -0.39 is 0 Å². The summed E-state index contributed by atoms with van der Waals surface area (Å²) < 4.78 is 0. The number of hydrogen-bond donors (Lipinski definition) is 2. The Kier molecular flexibility index (Phi) is 6.52. The SMILES string of the molecule is CCCCC(=O)NC(=S)Nc1ccc(C(=O)N2CCCC2)cc1. The summed E-state index contributed by atoms with van der Waals surface area (Å²) in [7, 11) is 0. The lowest BCUT2D eigenvalue weighted by Crippen LogP contribution is -2.33. The highest BCUT2D eigenvalue weighted by Gasteiger charge is 2.19. The first-order chi connectivity index (χ1) is 11.1. The summed E-state index contributed by atoms with van der Waals surface area (Å²) in [6.07, 6.45) is 4.46. The van der Waals surface area contributed by atoms with Crippen LogP contribution in [-0.4, -0.2) is 34.9 Å². The largest absolute Gasteiger partial charge is 0.339 e. The Labute approximate surface area is 142 Å². The first-order valence-corrected chi connectivity index (χ1v) is 8.51. The quantitative estimate of drug-likeness (QED) is 0.814. The van der Waals surface area contributed by atoms with Gasteiger partial charge in [-0.05, 0) is 55.7 Å². The van der Waals surface area contributed by atoms with Crippen LogP contribution in [0.2, 0.25) is 0 Å². The van der Waals surface area contributed by atoms with E-state index in [-0.39, 0.29) is 16.9 Å². The third kappa shape index (κ3) is 5.32. The molecular weight excluding hydrogens is 310 g/mol. The Balaban J connectivity index is 1.85. The van der Waals surface area contributed by atoms with Crippen LogP contribution in [0.3, 0.4) is 0 Å². The Morgan fingerprint density at radius 2 is 1.83 bits per heavy atom. The molecular formula is C17H23N3O2S. The zero-order chi connectivity index (χ0) is 16.7. The summed E-state index contributed by atoms with van der Waals surface area (Å²) in [5, 5.41) is 5.89. The van der Waals surface area contributed by atoms with Crippen LogP contribution < -0.4 is 10.6 Å². The third-order valence-corrected chi connectivity index (χ3v) is 4.00. The molecule has 0 atom stereocenters. The highest BCUT2D eigenvalue weighted by Crippen LogP contribution is 2.15. The van der Waals surface area contributed by atoms with Gasteiger partial charge in [0.15, 0.2) is 5.11 Å². The van der Waals surface area contributed by atoms with Gasteiger partial charge in [-0.1, -0.05) is 13.3 Å². The molecule has 1 aromatic carbocycles. The molecule has 6 heteroatoms. The van der Waals surface area contributed by atoms with Crippen LogP contribution in [0.4, 0.5) is 5.69 Å². The van der Waals surface area contributed by atoms with Crippen LogP contribution in [0, 0.1) is 0 Å². The Morgan fingerprint density at radius 3 is 2.43 bits per heavy atom. The fraction of sp³-hybridized carbons (Fsp3) is 0.471. The summed E-state index contributed by atoms with van der Waals surface area (Å²) in [4.78, 5) is 25.7. The van der Waals surface area contributed by atoms with Crippen molar-refractivity contribution in [1.29, 1.82) is 0 Å². The van der Waals surface area contributed by atoms with Crippen molar-refractivity contribution in [3.8, 4) is 0 Å². The van der Waals surface area contributed by atoms with E-state index in [1.807, 2.05) is 11.8 Å². The molecule has 2 amide bonds. The molecule has 1 fully saturated rings. The molecule has 0 radical (unpaired) electrons. The number of benzene rings is 1. The summed E-state index contributed by atoms with van der Waals surface area (Å²) in [5.74, 6) is -0.00493. The number of hydrogen-bond acceptors (Lipinski definition) is 3. The number of unbranched alkanes of at least 4 members (excludes halogenated alkanes) is 1. The summed E-state index contributed by atoms with van der Waals surface area (Å²) in [6.45, 7) is 3.72. The fourth-order valence-electron chi connectivity index (χ4n) is 2.49. The maximum absolute atomic E-state index is 12.2. The van der Waals surface area contributed by atoms with Crippen LogP contribution >= 0.6 is 12.2 Å². The maximum atomic E-state index is 12.2. The van der Waals surface area contributed by atoms with E-state index in [1.54, 1.807) is 24.3 Å². The van der Waals surface area contributed by atoms with Gasteiger partial charge in [-0.25, -0.2) is 0 Å². The Morgan fingerprint density at radius 1 is 1.17 bits per heavy atom. The number of rotatable bonds is 5. The third-order valence-electron chi connectivity index (χ3n) is 3.79. The molecule has 0 bridgehead atoms. The first-order valence-electron chi connectivity index (χ1n) is 8.10. The highest BCUT2D eigenvalue weighted by atomic mass is 32.1. The molecule has 0 aromatic heterocycles. The van der Waals surface area contributed by atoms with Gasteiger partial charge in [0.25, 0.3) is 5.91 Å². The molecule has 1 aliphatic heterocycles. The van der Waals surface area contributed by atoms with Crippen molar-refractivity contribution in [2.45, 2.75) is 39.0 Å². The lowest BCUT2D eigenvalue weighted by Gasteiger charge is -2.15. The van der Waals surface area contributed by atoms with Gasteiger partial charge < -0.3 is 15.5 Å². The highest BCUT2D eigenvalue weighted by molar-refractivity contribution is 7.80. The van der Waals surface area contributed by atoms with Crippen LogP contribution in [0.15, 0.2) is 24.3 Å². The van der Waals surface area contributed by atoms with Gasteiger partial charge >= 0.3 is 0 Å². The molecule has 2 N–H and O–H groups in total. The minimum Gasteiger partial charge on any atom is -0.339 e. The number of nitrogens with zero attached hydrogens (tertiary/aromatic N) is 1. The number of carbonyl (C=O) groups excluding carboxylic acids is 2. The van der Waals surface area contributed by atoms with E-state index in [1.165, 1.54) is 0 Å². The van der Waals surface area contributed by atoms with E-state index >= 15 is 0 Å². The molecule has 23 heavy (non-hydrogen) atoms. The number of thiocarbonyl (C=S) groups is 1. The van der Waals surface area contributed by atoms with Crippen LogP contribution in [-0.2, 0) is 4.79 Å². The maximum Gasteiger partial charge on any atom is 0.253 e. The average molecular weight is 333 g/mol. The van der Waals surface area contributed by atoms with E-state index in [2.05, 4.69) is 10.6 Å². The van der Waals surface area contributed by atoms with Crippen LogP contribution in [0.1, 0.15) is 49.4 Å². The first kappa shape index (κ1) is 17.4. The van der Waals surface area contributed by atoms with E-state index in [0.717, 1.165) is 44.5 Å². The Bertz CT molecular complexity index is 566. The van der Waals surface area contributed by atoms with Crippen molar-refractivity contribution < 1.29 is 9.59 Å². The van der Waals surface area contributed by atoms with Crippen molar-refractivity contribution in [2.24, 2.45) is 0 Å². The second-order valence-corrected chi connectivity index (χ2v) is 6.09. The monoisotopic (exact) mass is 333 g/mol. The minimum atomic E-state index is -0.0785. The zero-order valence-electron chi connectivity index (χ0n) is 13.4. The number of nitrogens with one attached hydrogen (secondary N) is 2. The molecule has 1 saturated heterocycles. The average Bonchev–Trinajstić information content (AvgIpc) is 3.07. The fourth-order valence-corrected chi connectivity index (χ4v) is 2.72. The van der Waals surface area contributed by atoms with Gasteiger partial charge in [-0.3, -0.25) is 9.59 Å². The molecule has 1 heterocycles. The van der Waals surface area contributed by atoms with Gasteiger partial charge in [0.2, 0.25) is 5.91 Å². The van der Waals surface area contributed by atoms with Crippen molar-refractivity contribution >= 4 is 34.8 Å². The number of anilines is 1. The predicted molar refractivity (Wildman–Crippen MR) is 95.5 cm³/mol. The summed E-state index contributed by atoms with van der Waals surface area (Å²) in [5.41, 5.74) is 1.43. The van der Waals surface area contributed by atoms with Gasteiger partial charge in [0.05, 0.1) is 0 Å². The van der Waals surface area contributed by atoms with Crippen LogP contribution in [0.25, 0.3) is 0 Å². The molecule has 0 unspecified atom stereocenters. The molecule has 1 aromatic rings. The lowest BCUT2D eigenvalue weighted by molar-refractivity contribution is -0.119. The second kappa shape index (κ2) is 8.62. The van der Waals surface area contributed by atoms with E-state index in [9.17, 15) is 9.59 Å². The molecule has 0 spiro atoms. The van der Waals surface area contributed by atoms with Crippen LogP contribution in [0.5, 0.6) is 0 Å². The second-order valence-electron chi connectivity index (χ2n) is 5.68. The standard InChI is InChI=1S/C17H23N3O2S/c1-2-3-6-15(21)19-17(23)18-14-9-7-13(8-10-14)16(22)20-11-4-5-12-20/h7-10H,2-6,11-12H2,1H3,(H2,18,19,21,23). The van der Waals surface area contributed by atoms with Gasteiger partial charge in [0.1, 0.15) is 0 Å².